The van der Waals surface area contributed by atoms with Crippen molar-refractivity contribution in [1.82, 2.24) is 10.2 Å². The van der Waals surface area contributed by atoms with Crippen molar-refractivity contribution in [2.45, 2.75) is 57.1 Å². The summed E-state index contributed by atoms with van der Waals surface area (Å²) in [6.45, 7) is 4.99. The summed E-state index contributed by atoms with van der Waals surface area (Å²) in [4.78, 5) is 29.5. The molecule has 4 aromatic rings. The molecule has 0 aliphatic carbocycles. The van der Waals surface area contributed by atoms with E-state index in [1.807, 2.05) is 81.4 Å². The van der Waals surface area contributed by atoms with Gasteiger partial charge in [0, 0.05) is 19.0 Å². The number of rotatable bonds is 13. The minimum Gasteiger partial charge on any atom is -0.352 e. The molecule has 2 amide bonds. The number of sulfonamides is 1. The maximum Gasteiger partial charge on any atom is 0.264 e. The molecule has 0 saturated heterocycles. The monoisotopic (exact) mass is 615 g/mol. The molecular formula is C35H38FN3O4S. The summed E-state index contributed by atoms with van der Waals surface area (Å²) in [7, 11) is -4.38. The highest BCUT2D eigenvalue weighted by molar-refractivity contribution is 7.92. The fraction of sp³-hybridized carbons (Fsp3) is 0.257. The van der Waals surface area contributed by atoms with E-state index in [0.717, 1.165) is 27.1 Å². The summed E-state index contributed by atoms with van der Waals surface area (Å²) < 4.78 is 44.0. The molecule has 0 spiro atoms. The van der Waals surface area contributed by atoms with Crippen molar-refractivity contribution in [3.05, 3.63) is 132 Å². The van der Waals surface area contributed by atoms with E-state index in [0.29, 0.717) is 6.42 Å². The molecular weight excluding hydrogens is 577 g/mol. The molecule has 4 aromatic carbocycles. The van der Waals surface area contributed by atoms with Crippen LogP contribution in [-0.2, 0) is 32.6 Å². The number of carbonyl (C=O) groups is 2. The van der Waals surface area contributed by atoms with Crippen LogP contribution in [0, 0.1) is 12.7 Å². The second kappa shape index (κ2) is 14.8. The number of nitrogens with zero attached hydrogens (tertiary/aromatic N) is 2. The molecule has 9 heteroatoms. The van der Waals surface area contributed by atoms with Gasteiger partial charge in [-0.25, -0.2) is 12.8 Å². The fourth-order valence-electron chi connectivity index (χ4n) is 4.78. The Bertz CT molecular complexity index is 1650. The van der Waals surface area contributed by atoms with Gasteiger partial charge in [0.2, 0.25) is 11.8 Å². The Kier molecular flexibility index (Phi) is 10.9. The van der Waals surface area contributed by atoms with Crippen LogP contribution in [-0.4, -0.2) is 43.8 Å². The lowest BCUT2D eigenvalue weighted by molar-refractivity contribution is -0.140. The molecule has 0 aromatic heterocycles. The molecule has 0 fully saturated rings. The fourth-order valence-corrected chi connectivity index (χ4v) is 6.20. The van der Waals surface area contributed by atoms with Crippen molar-refractivity contribution in [3.63, 3.8) is 0 Å². The Morgan fingerprint density at radius 3 is 1.98 bits per heavy atom. The van der Waals surface area contributed by atoms with Gasteiger partial charge >= 0.3 is 0 Å². The number of hydrogen-bond acceptors (Lipinski definition) is 4. The van der Waals surface area contributed by atoms with E-state index in [9.17, 15) is 18.0 Å². The summed E-state index contributed by atoms with van der Waals surface area (Å²) in [6, 6.07) is 29.0. The number of hydrogen-bond donors (Lipinski definition) is 1. The first-order chi connectivity index (χ1) is 21.1. The highest BCUT2D eigenvalue weighted by Gasteiger charge is 2.35. The number of amides is 2. The minimum atomic E-state index is -4.38. The predicted octanol–water partition coefficient (Wildman–Crippen LogP) is 5.88. The van der Waals surface area contributed by atoms with Crippen LogP contribution in [0.25, 0.3) is 0 Å². The molecule has 1 N–H and O–H groups in total. The summed E-state index contributed by atoms with van der Waals surface area (Å²) in [6.07, 6.45) is 0.887. The molecule has 0 aliphatic heterocycles. The average Bonchev–Trinajstić information content (AvgIpc) is 3.03. The standard InChI is InChI=1S/C35H38FN3O4S/c1-4-27(3)37-35(41)33(23-28-13-7-5-8-14-28)38(24-29-15-9-6-10-16-29)34(40)25-39(32-18-12-11-17-31(32)36)44(42,43)30-21-19-26(2)20-22-30/h5-22,27,33H,4,23-25H2,1-3H3,(H,37,41). The number of para-hydroxylation sites is 1. The number of carbonyl (C=O) groups excluding carboxylic acids is 2. The van der Waals surface area contributed by atoms with E-state index in [1.165, 1.54) is 35.2 Å². The second-order valence-electron chi connectivity index (χ2n) is 10.8. The molecule has 230 valence electrons. The molecule has 0 aliphatic rings. The molecule has 7 nitrogen and oxygen atoms in total. The lowest BCUT2D eigenvalue weighted by Gasteiger charge is -2.34. The van der Waals surface area contributed by atoms with Gasteiger partial charge in [0.05, 0.1) is 10.6 Å². The molecule has 0 saturated carbocycles. The van der Waals surface area contributed by atoms with Gasteiger partial charge in [0.1, 0.15) is 18.4 Å². The molecule has 0 radical (unpaired) electrons. The van der Waals surface area contributed by atoms with Gasteiger partial charge in [-0.3, -0.25) is 13.9 Å². The highest BCUT2D eigenvalue weighted by atomic mass is 32.2. The van der Waals surface area contributed by atoms with Crippen molar-refractivity contribution in [1.29, 1.82) is 0 Å². The van der Waals surface area contributed by atoms with Crippen LogP contribution >= 0.6 is 0 Å². The molecule has 2 unspecified atom stereocenters. The highest BCUT2D eigenvalue weighted by Crippen LogP contribution is 2.27. The number of nitrogens with one attached hydrogen (secondary N) is 1. The van der Waals surface area contributed by atoms with E-state index < -0.39 is 34.3 Å². The summed E-state index contributed by atoms with van der Waals surface area (Å²) in [5, 5.41) is 3.00. The normalized spacial score (nSPS) is 12.6. The molecule has 44 heavy (non-hydrogen) atoms. The van der Waals surface area contributed by atoms with E-state index >= 15 is 4.39 Å². The van der Waals surface area contributed by atoms with Crippen LogP contribution in [0.2, 0.25) is 0 Å². The molecule has 2 atom stereocenters. The Morgan fingerprint density at radius 2 is 1.39 bits per heavy atom. The van der Waals surface area contributed by atoms with E-state index in [1.54, 1.807) is 12.1 Å². The Morgan fingerprint density at radius 1 is 0.818 bits per heavy atom. The van der Waals surface area contributed by atoms with Gasteiger partial charge in [0.15, 0.2) is 0 Å². The van der Waals surface area contributed by atoms with Crippen LogP contribution < -0.4 is 9.62 Å². The third kappa shape index (κ3) is 8.11. The molecule has 4 rings (SSSR count). The van der Waals surface area contributed by atoms with Crippen LogP contribution in [0.15, 0.2) is 114 Å². The van der Waals surface area contributed by atoms with E-state index in [-0.39, 0.29) is 35.5 Å². The smallest absolute Gasteiger partial charge is 0.264 e. The maximum absolute atomic E-state index is 15.2. The van der Waals surface area contributed by atoms with Crippen molar-refractivity contribution < 1.29 is 22.4 Å². The third-order valence-corrected chi connectivity index (χ3v) is 9.25. The second-order valence-corrected chi connectivity index (χ2v) is 12.7. The SMILES string of the molecule is CCC(C)NC(=O)C(Cc1ccccc1)N(Cc1ccccc1)C(=O)CN(c1ccccc1F)S(=O)(=O)c1ccc(C)cc1. The number of anilines is 1. The minimum absolute atomic E-state index is 0.0425. The third-order valence-electron chi connectivity index (χ3n) is 7.48. The van der Waals surface area contributed by atoms with Crippen molar-refractivity contribution in [2.75, 3.05) is 10.8 Å². The largest absolute Gasteiger partial charge is 0.352 e. The van der Waals surface area contributed by atoms with Crippen LogP contribution in [0.5, 0.6) is 0 Å². The van der Waals surface area contributed by atoms with Crippen molar-refractivity contribution >= 4 is 27.5 Å². The first-order valence-corrected chi connectivity index (χ1v) is 16.1. The lowest BCUT2D eigenvalue weighted by atomic mass is 10.0. The Hall–Kier alpha value is -4.50. The zero-order valence-corrected chi connectivity index (χ0v) is 26.0. The summed E-state index contributed by atoms with van der Waals surface area (Å²) >= 11 is 0. The van der Waals surface area contributed by atoms with Gasteiger partial charge < -0.3 is 10.2 Å². The van der Waals surface area contributed by atoms with Gasteiger partial charge in [-0.05, 0) is 55.7 Å². The topological polar surface area (TPSA) is 86.8 Å². The quantitative estimate of drug-likeness (QED) is 0.203. The van der Waals surface area contributed by atoms with E-state index in [4.69, 9.17) is 0 Å². The van der Waals surface area contributed by atoms with Crippen LogP contribution in [0.3, 0.4) is 0 Å². The first kappa shape index (κ1) is 32.4. The summed E-state index contributed by atoms with van der Waals surface area (Å²) in [5.74, 6) is -1.79. The van der Waals surface area contributed by atoms with Crippen molar-refractivity contribution in [3.8, 4) is 0 Å². The van der Waals surface area contributed by atoms with E-state index in [2.05, 4.69) is 5.32 Å². The molecule has 0 heterocycles. The van der Waals surface area contributed by atoms with Gasteiger partial charge in [-0.1, -0.05) is 97.4 Å². The van der Waals surface area contributed by atoms with Gasteiger partial charge in [-0.2, -0.15) is 0 Å². The zero-order chi connectivity index (χ0) is 31.7. The maximum atomic E-state index is 15.2. The Balaban J connectivity index is 1.80. The average molecular weight is 616 g/mol. The first-order valence-electron chi connectivity index (χ1n) is 14.6. The predicted molar refractivity (Wildman–Crippen MR) is 171 cm³/mol. The van der Waals surface area contributed by atoms with Crippen LogP contribution in [0.4, 0.5) is 10.1 Å². The van der Waals surface area contributed by atoms with Crippen molar-refractivity contribution in [2.24, 2.45) is 0 Å². The number of aryl methyl sites for hydroxylation is 1. The lowest BCUT2D eigenvalue weighted by Crippen LogP contribution is -2.54. The molecule has 0 bridgehead atoms. The summed E-state index contributed by atoms with van der Waals surface area (Å²) in [5.41, 5.74) is 2.18. The van der Waals surface area contributed by atoms with Crippen LogP contribution in [0.1, 0.15) is 37.0 Å². The Labute approximate surface area is 259 Å². The zero-order valence-electron chi connectivity index (χ0n) is 25.2. The number of benzene rings is 4. The number of halogens is 1. The van der Waals surface area contributed by atoms with Gasteiger partial charge in [0.25, 0.3) is 10.0 Å². The van der Waals surface area contributed by atoms with Gasteiger partial charge in [-0.15, -0.1) is 0 Å².